The Morgan fingerprint density at radius 3 is 2.56 bits per heavy atom. The van der Waals surface area contributed by atoms with Crippen LogP contribution in [0.15, 0.2) is 10.5 Å². The number of rotatable bonds is 5. The van der Waals surface area contributed by atoms with Gasteiger partial charge in [-0.2, -0.15) is 0 Å². The summed E-state index contributed by atoms with van der Waals surface area (Å²) in [6.45, 7) is 1.89. The van der Waals surface area contributed by atoms with Gasteiger partial charge < -0.3 is 20.3 Å². The third-order valence-corrected chi connectivity index (χ3v) is 3.73. The Balaban J connectivity index is 3.30. The molecule has 0 aliphatic rings. The standard InChI is InChI=1S/C12H16BrNO4/c1-6-4-9(17-2)11(18-3)7(10(6)13)5-8(14)12(15)16/h4,8H,5,14H2,1-3H3,(H,15,16). The summed E-state index contributed by atoms with van der Waals surface area (Å²) in [5.74, 6) is 0.0156. The van der Waals surface area contributed by atoms with E-state index in [0.29, 0.717) is 17.1 Å². The van der Waals surface area contributed by atoms with Gasteiger partial charge in [-0.3, -0.25) is 4.79 Å². The molecule has 0 saturated carbocycles. The number of aliphatic carboxylic acids is 1. The minimum Gasteiger partial charge on any atom is -0.493 e. The lowest BCUT2D eigenvalue weighted by atomic mass is 10.0. The van der Waals surface area contributed by atoms with Crippen LogP contribution in [-0.2, 0) is 11.2 Å². The first-order chi connectivity index (χ1) is 8.42. The number of halogens is 1. The minimum atomic E-state index is -1.05. The first-order valence-corrected chi connectivity index (χ1v) is 6.10. The smallest absolute Gasteiger partial charge is 0.320 e. The van der Waals surface area contributed by atoms with E-state index in [1.165, 1.54) is 14.2 Å². The molecule has 0 saturated heterocycles. The van der Waals surface area contributed by atoms with Crippen LogP contribution in [0.1, 0.15) is 11.1 Å². The number of hydrogen-bond acceptors (Lipinski definition) is 4. The first kappa shape index (κ1) is 14.8. The Kier molecular flexibility index (Phi) is 4.98. The molecule has 1 atom stereocenters. The highest BCUT2D eigenvalue weighted by atomic mass is 79.9. The van der Waals surface area contributed by atoms with Crippen molar-refractivity contribution in [1.29, 1.82) is 0 Å². The van der Waals surface area contributed by atoms with Gasteiger partial charge in [0.2, 0.25) is 0 Å². The molecule has 0 fully saturated rings. The summed E-state index contributed by atoms with van der Waals surface area (Å²) in [5, 5.41) is 8.88. The van der Waals surface area contributed by atoms with E-state index < -0.39 is 12.0 Å². The van der Waals surface area contributed by atoms with Crippen molar-refractivity contribution in [2.24, 2.45) is 5.73 Å². The van der Waals surface area contributed by atoms with Crippen molar-refractivity contribution in [1.82, 2.24) is 0 Å². The van der Waals surface area contributed by atoms with Crippen LogP contribution in [0, 0.1) is 6.92 Å². The Bertz CT molecular complexity index is 462. The van der Waals surface area contributed by atoms with Gasteiger partial charge in [0.05, 0.1) is 14.2 Å². The molecule has 0 amide bonds. The highest BCUT2D eigenvalue weighted by molar-refractivity contribution is 9.10. The zero-order valence-electron chi connectivity index (χ0n) is 10.5. The van der Waals surface area contributed by atoms with Gasteiger partial charge in [-0.1, -0.05) is 15.9 Å². The molecule has 0 aliphatic carbocycles. The van der Waals surface area contributed by atoms with Crippen LogP contribution in [-0.4, -0.2) is 31.3 Å². The molecule has 1 aromatic rings. The van der Waals surface area contributed by atoms with E-state index >= 15 is 0 Å². The van der Waals surface area contributed by atoms with E-state index in [1.54, 1.807) is 0 Å². The quantitative estimate of drug-likeness (QED) is 0.864. The molecule has 0 spiro atoms. The van der Waals surface area contributed by atoms with Crippen LogP contribution >= 0.6 is 15.9 Å². The number of carboxylic acid groups (broad SMARTS) is 1. The highest BCUT2D eigenvalue weighted by Crippen LogP contribution is 2.39. The lowest BCUT2D eigenvalue weighted by molar-refractivity contribution is -0.138. The fourth-order valence-corrected chi connectivity index (χ4v) is 2.13. The number of methoxy groups -OCH3 is 2. The molecule has 100 valence electrons. The van der Waals surface area contributed by atoms with Crippen molar-refractivity contribution in [3.63, 3.8) is 0 Å². The molecular weight excluding hydrogens is 302 g/mol. The second-order valence-electron chi connectivity index (χ2n) is 3.87. The van der Waals surface area contributed by atoms with Gasteiger partial charge in [-0.25, -0.2) is 0 Å². The third kappa shape index (κ3) is 2.94. The SMILES string of the molecule is COc1cc(C)c(Br)c(CC(N)C(=O)O)c1OC. The van der Waals surface area contributed by atoms with Gasteiger partial charge in [0.25, 0.3) is 0 Å². The number of benzene rings is 1. The Morgan fingerprint density at radius 1 is 1.50 bits per heavy atom. The molecule has 0 aliphatic heterocycles. The summed E-state index contributed by atoms with van der Waals surface area (Å²) in [4.78, 5) is 10.8. The molecule has 1 aromatic carbocycles. The van der Waals surface area contributed by atoms with E-state index in [0.717, 1.165) is 10.0 Å². The molecule has 1 rings (SSSR count). The monoisotopic (exact) mass is 317 g/mol. The maximum absolute atomic E-state index is 10.8. The van der Waals surface area contributed by atoms with Crippen molar-refractivity contribution in [2.75, 3.05) is 14.2 Å². The Morgan fingerprint density at radius 2 is 2.11 bits per heavy atom. The fraction of sp³-hybridized carbons (Fsp3) is 0.417. The van der Waals surface area contributed by atoms with Gasteiger partial charge >= 0.3 is 5.97 Å². The average molecular weight is 318 g/mol. The van der Waals surface area contributed by atoms with Crippen molar-refractivity contribution in [3.05, 3.63) is 21.7 Å². The number of ether oxygens (including phenoxy) is 2. The van der Waals surface area contributed by atoms with Crippen molar-refractivity contribution < 1.29 is 19.4 Å². The molecule has 6 heteroatoms. The zero-order chi connectivity index (χ0) is 13.9. The summed E-state index contributed by atoms with van der Waals surface area (Å²) >= 11 is 3.43. The molecule has 0 heterocycles. The Hall–Kier alpha value is -1.27. The van der Waals surface area contributed by atoms with Crippen molar-refractivity contribution in [3.8, 4) is 11.5 Å². The number of carboxylic acids is 1. The van der Waals surface area contributed by atoms with Crippen LogP contribution < -0.4 is 15.2 Å². The van der Waals surface area contributed by atoms with E-state index in [2.05, 4.69) is 15.9 Å². The normalized spacial score (nSPS) is 12.1. The minimum absolute atomic E-state index is 0.164. The highest BCUT2D eigenvalue weighted by Gasteiger charge is 2.21. The summed E-state index contributed by atoms with van der Waals surface area (Å²) < 4.78 is 11.3. The largest absolute Gasteiger partial charge is 0.493 e. The Labute approximate surface area is 114 Å². The summed E-state index contributed by atoms with van der Waals surface area (Å²) in [5.41, 5.74) is 7.20. The molecule has 5 nitrogen and oxygen atoms in total. The third-order valence-electron chi connectivity index (χ3n) is 2.62. The second kappa shape index (κ2) is 6.06. The van der Waals surface area contributed by atoms with E-state index in [-0.39, 0.29) is 6.42 Å². The predicted molar refractivity (Wildman–Crippen MR) is 71.3 cm³/mol. The number of hydrogen-bond donors (Lipinski definition) is 2. The molecule has 0 bridgehead atoms. The zero-order valence-corrected chi connectivity index (χ0v) is 12.1. The van der Waals surface area contributed by atoms with E-state index in [1.807, 2.05) is 13.0 Å². The maximum atomic E-state index is 10.8. The summed E-state index contributed by atoms with van der Waals surface area (Å²) in [7, 11) is 3.04. The topological polar surface area (TPSA) is 81.8 Å². The van der Waals surface area contributed by atoms with Crippen LogP contribution in [0.2, 0.25) is 0 Å². The van der Waals surface area contributed by atoms with Crippen molar-refractivity contribution >= 4 is 21.9 Å². The molecule has 18 heavy (non-hydrogen) atoms. The molecule has 1 unspecified atom stereocenters. The number of nitrogens with two attached hydrogens (primary N) is 1. The van der Waals surface area contributed by atoms with Crippen LogP contribution in [0.5, 0.6) is 11.5 Å². The van der Waals surface area contributed by atoms with Crippen LogP contribution in [0.25, 0.3) is 0 Å². The van der Waals surface area contributed by atoms with Crippen LogP contribution in [0.4, 0.5) is 0 Å². The van der Waals surface area contributed by atoms with E-state index in [9.17, 15) is 4.79 Å². The lowest BCUT2D eigenvalue weighted by Crippen LogP contribution is -2.32. The molecule has 3 N–H and O–H groups in total. The first-order valence-electron chi connectivity index (χ1n) is 5.30. The van der Waals surface area contributed by atoms with Crippen molar-refractivity contribution in [2.45, 2.75) is 19.4 Å². The maximum Gasteiger partial charge on any atom is 0.320 e. The lowest BCUT2D eigenvalue weighted by Gasteiger charge is -2.17. The number of aryl methyl sites for hydroxylation is 1. The molecule has 0 aromatic heterocycles. The van der Waals surface area contributed by atoms with Gasteiger partial charge in [0, 0.05) is 16.5 Å². The van der Waals surface area contributed by atoms with Gasteiger partial charge in [-0.05, 0) is 18.6 Å². The summed E-state index contributed by atoms with van der Waals surface area (Å²) in [6.07, 6.45) is 0.164. The fourth-order valence-electron chi connectivity index (χ4n) is 1.68. The average Bonchev–Trinajstić information content (AvgIpc) is 2.34. The van der Waals surface area contributed by atoms with E-state index in [4.69, 9.17) is 20.3 Å². The number of carbonyl (C=O) groups is 1. The second-order valence-corrected chi connectivity index (χ2v) is 4.66. The van der Waals surface area contributed by atoms with Crippen LogP contribution in [0.3, 0.4) is 0 Å². The molecular formula is C12H16BrNO4. The van der Waals surface area contributed by atoms with Gasteiger partial charge in [0.15, 0.2) is 11.5 Å². The van der Waals surface area contributed by atoms with Gasteiger partial charge in [0.1, 0.15) is 6.04 Å². The van der Waals surface area contributed by atoms with Gasteiger partial charge in [-0.15, -0.1) is 0 Å². The predicted octanol–water partition coefficient (Wildman–Crippen LogP) is 1.73. The summed E-state index contributed by atoms with van der Waals surface area (Å²) in [6, 6.07) is 0.834. The molecule has 0 radical (unpaired) electrons.